The average Bonchev–Trinajstić information content (AvgIpc) is 3.09. The predicted octanol–water partition coefficient (Wildman–Crippen LogP) is 4.35. The second-order valence-corrected chi connectivity index (χ2v) is 14.1. The van der Waals surface area contributed by atoms with Gasteiger partial charge in [0.05, 0.1) is 0 Å². The number of ether oxygens (including phenoxy) is 1. The first-order chi connectivity index (χ1) is 13.3. The molecule has 0 bridgehead atoms. The molecule has 0 radical (unpaired) electrons. The van der Waals surface area contributed by atoms with Gasteiger partial charge in [0.2, 0.25) is 0 Å². The van der Waals surface area contributed by atoms with Crippen LogP contribution in [0.2, 0.25) is 5.04 Å². The van der Waals surface area contributed by atoms with Crippen molar-refractivity contribution in [1.29, 1.82) is 0 Å². The zero-order valence-corrected chi connectivity index (χ0v) is 19.0. The van der Waals surface area contributed by atoms with E-state index in [0.29, 0.717) is 11.9 Å². The molecule has 1 aliphatic rings. The Morgan fingerprint density at radius 1 is 1.00 bits per heavy atom. The van der Waals surface area contributed by atoms with Gasteiger partial charge in [0, 0.05) is 18.8 Å². The maximum Gasteiger partial charge on any atom is 0.303 e. The van der Waals surface area contributed by atoms with Crippen LogP contribution in [0.5, 0.6) is 0 Å². The Bertz CT molecular complexity index is 734. The zero-order valence-electron chi connectivity index (χ0n) is 17.2. The summed E-state index contributed by atoms with van der Waals surface area (Å²) >= 11 is 1.73. The molecular weight excluding hydrogens is 384 g/mol. The van der Waals surface area contributed by atoms with E-state index in [1.807, 2.05) is 0 Å². The second kappa shape index (κ2) is 8.85. The quantitative estimate of drug-likeness (QED) is 0.520. The topological polar surface area (TPSA) is 35.5 Å². The van der Waals surface area contributed by atoms with Crippen LogP contribution in [0.1, 0.15) is 40.5 Å². The first-order valence-corrected chi connectivity index (χ1v) is 12.8. The lowest BCUT2D eigenvalue weighted by Gasteiger charge is -2.43. The molecule has 2 aromatic rings. The van der Waals surface area contributed by atoms with Gasteiger partial charge < -0.3 is 9.16 Å². The molecule has 2 atom stereocenters. The van der Waals surface area contributed by atoms with Crippen LogP contribution in [0.15, 0.2) is 60.7 Å². The molecule has 1 aliphatic heterocycles. The molecule has 1 heterocycles. The minimum atomic E-state index is -2.49. The normalized spacial score (nSPS) is 20.1. The van der Waals surface area contributed by atoms with Crippen molar-refractivity contribution >= 4 is 36.4 Å². The van der Waals surface area contributed by atoms with Crippen molar-refractivity contribution in [3.63, 3.8) is 0 Å². The van der Waals surface area contributed by atoms with E-state index >= 15 is 0 Å². The van der Waals surface area contributed by atoms with Crippen LogP contribution >= 0.6 is 11.8 Å². The van der Waals surface area contributed by atoms with Crippen LogP contribution in [-0.4, -0.2) is 31.6 Å². The molecule has 0 spiro atoms. The number of thioether (sulfide) groups is 1. The van der Waals surface area contributed by atoms with Gasteiger partial charge in [-0.1, -0.05) is 81.4 Å². The van der Waals surface area contributed by atoms with Crippen molar-refractivity contribution in [2.45, 2.75) is 56.3 Å². The highest BCUT2D eigenvalue weighted by atomic mass is 32.2. The summed E-state index contributed by atoms with van der Waals surface area (Å²) in [6.45, 7) is 9.04. The Labute approximate surface area is 174 Å². The van der Waals surface area contributed by atoms with Gasteiger partial charge in [-0.3, -0.25) is 4.79 Å². The Hall–Kier alpha value is -1.56. The summed E-state index contributed by atoms with van der Waals surface area (Å²) in [5, 5.41) is 2.93. The zero-order chi connectivity index (χ0) is 20.2. The predicted molar refractivity (Wildman–Crippen MR) is 120 cm³/mol. The van der Waals surface area contributed by atoms with Gasteiger partial charge in [-0.15, -0.1) is 11.8 Å². The van der Waals surface area contributed by atoms with E-state index in [1.54, 1.807) is 11.8 Å². The number of hydrogen-bond donors (Lipinski definition) is 0. The Morgan fingerprint density at radius 2 is 1.54 bits per heavy atom. The number of rotatable bonds is 6. The fraction of sp³-hybridized carbons (Fsp3) is 0.435. The van der Waals surface area contributed by atoms with E-state index < -0.39 is 8.32 Å². The van der Waals surface area contributed by atoms with E-state index in [4.69, 9.17) is 9.16 Å². The smallest absolute Gasteiger partial charge is 0.303 e. The lowest BCUT2D eigenvalue weighted by molar-refractivity contribution is -0.142. The van der Waals surface area contributed by atoms with Crippen molar-refractivity contribution in [2.24, 2.45) is 0 Å². The van der Waals surface area contributed by atoms with Gasteiger partial charge in [0.25, 0.3) is 8.32 Å². The van der Waals surface area contributed by atoms with E-state index in [-0.39, 0.29) is 16.4 Å². The highest BCUT2D eigenvalue weighted by molar-refractivity contribution is 8.00. The fourth-order valence-electron chi connectivity index (χ4n) is 4.05. The number of hydrogen-bond acceptors (Lipinski definition) is 4. The summed E-state index contributed by atoms with van der Waals surface area (Å²) < 4.78 is 12.4. The van der Waals surface area contributed by atoms with E-state index in [9.17, 15) is 4.79 Å². The Balaban J connectivity index is 1.90. The molecule has 3 nitrogen and oxygen atoms in total. The summed E-state index contributed by atoms with van der Waals surface area (Å²) in [7, 11) is -2.49. The molecule has 0 N–H and O–H groups in total. The number of carbonyl (C=O) groups excluding carboxylic acids is 1. The molecule has 28 heavy (non-hydrogen) atoms. The summed E-state index contributed by atoms with van der Waals surface area (Å²) in [4.78, 5) is 11.3. The molecule has 0 aromatic heterocycles. The first kappa shape index (κ1) is 21.2. The third-order valence-electron chi connectivity index (χ3n) is 5.27. The molecule has 1 unspecified atom stereocenters. The number of carbonyl (C=O) groups is 1. The van der Waals surface area contributed by atoms with Gasteiger partial charge in [-0.25, -0.2) is 0 Å². The lowest BCUT2D eigenvalue weighted by Crippen LogP contribution is -2.67. The molecule has 0 saturated carbocycles. The van der Waals surface area contributed by atoms with Gasteiger partial charge in [-0.05, 0) is 28.3 Å². The maximum absolute atomic E-state index is 11.3. The molecule has 0 amide bonds. The standard InChI is InChI=1S/C23H30O3SSi/c1-18(24)26-22-16-15-19(27-22)17-25-28(23(2,3)4,20-11-7-5-8-12-20)21-13-9-6-10-14-21/h5-14,19,22H,15-17H2,1-4H3/t19-,22?/m1/s1. The molecule has 0 aliphatic carbocycles. The molecule has 1 fully saturated rings. The maximum atomic E-state index is 11.3. The SMILES string of the molecule is CC(=O)OC1CC[C@H](CO[Si](c2ccccc2)(c2ccccc2)C(C)(C)C)S1. The summed E-state index contributed by atoms with van der Waals surface area (Å²) in [5.74, 6) is -0.203. The van der Waals surface area contributed by atoms with Crippen LogP contribution in [0.4, 0.5) is 0 Å². The molecule has 3 rings (SSSR count). The Kier molecular flexibility index (Phi) is 6.68. The highest BCUT2D eigenvalue weighted by Gasteiger charge is 2.50. The average molecular weight is 415 g/mol. The van der Waals surface area contributed by atoms with E-state index in [1.165, 1.54) is 17.3 Å². The molecule has 5 heteroatoms. The third-order valence-corrected chi connectivity index (χ3v) is 11.7. The monoisotopic (exact) mass is 414 g/mol. The first-order valence-electron chi connectivity index (χ1n) is 9.90. The minimum Gasteiger partial charge on any atom is -0.451 e. The molecule has 1 saturated heterocycles. The van der Waals surface area contributed by atoms with Gasteiger partial charge in [0.15, 0.2) is 0 Å². The van der Waals surface area contributed by atoms with Crippen LogP contribution in [0.25, 0.3) is 0 Å². The van der Waals surface area contributed by atoms with Crippen molar-refractivity contribution in [3.05, 3.63) is 60.7 Å². The summed E-state index contributed by atoms with van der Waals surface area (Å²) in [6, 6.07) is 21.4. The number of benzene rings is 2. The third kappa shape index (κ3) is 4.53. The van der Waals surface area contributed by atoms with Crippen molar-refractivity contribution in [2.75, 3.05) is 6.61 Å². The van der Waals surface area contributed by atoms with Gasteiger partial charge in [-0.2, -0.15) is 0 Å². The fourth-order valence-corrected chi connectivity index (χ4v) is 10.1. The molecular formula is C23H30O3SSi. The van der Waals surface area contributed by atoms with Crippen molar-refractivity contribution in [1.82, 2.24) is 0 Å². The lowest BCUT2D eigenvalue weighted by atomic mass is 10.2. The second-order valence-electron chi connectivity index (χ2n) is 8.35. The van der Waals surface area contributed by atoms with Crippen molar-refractivity contribution < 1.29 is 14.0 Å². The molecule has 150 valence electrons. The minimum absolute atomic E-state index is 0.0196. The van der Waals surface area contributed by atoms with Crippen LogP contribution < -0.4 is 10.4 Å². The van der Waals surface area contributed by atoms with Crippen LogP contribution in [0.3, 0.4) is 0 Å². The Morgan fingerprint density at radius 3 is 2.00 bits per heavy atom. The van der Waals surface area contributed by atoms with Gasteiger partial charge in [0.1, 0.15) is 5.44 Å². The highest BCUT2D eigenvalue weighted by Crippen LogP contribution is 2.39. The number of esters is 1. The van der Waals surface area contributed by atoms with E-state index in [2.05, 4.69) is 81.4 Å². The largest absolute Gasteiger partial charge is 0.451 e. The van der Waals surface area contributed by atoms with E-state index in [0.717, 1.165) is 12.8 Å². The summed E-state index contributed by atoms with van der Waals surface area (Å²) in [5.41, 5.74) is -0.0368. The summed E-state index contributed by atoms with van der Waals surface area (Å²) in [6.07, 6.45) is 1.92. The van der Waals surface area contributed by atoms with Gasteiger partial charge >= 0.3 is 5.97 Å². The molecule has 2 aromatic carbocycles. The van der Waals surface area contributed by atoms with Crippen LogP contribution in [0, 0.1) is 0 Å². The van der Waals surface area contributed by atoms with Crippen LogP contribution in [-0.2, 0) is 14.0 Å². The van der Waals surface area contributed by atoms with Crippen molar-refractivity contribution in [3.8, 4) is 0 Å².